The molecular formula is C17H21N3O3S. The number of ether oxygens (including phenoxy) is 1. The van der Waals surface area contributed by atoms with E-state index in [1.54, 1.807) is 27.7 Å². The summed E-state index contributed by atoms with van der Waals surface area (Å²) in [5.41, 5.74) is 0.807. The van der Waals surface area contributed by atoms with E-state index in [-0.39, 0.29) is 12.5 Å². The fraction of sp³-hybridized carbons (Fsp3) is 0.353. The third-order valence-corrected chi connectivity index (χ3v) is 4.02. The number of aromatic nitrogens is 1. The molecule has 0 saturated carbocycles. The van der Waals surface area contributed by atoms with E-state index in [0.717, 1.165) is 5.69 Å². The second kappa shape index (κ2) is 7.44. The number of carbonyl (C=O) groups excluding carboxylic acids is 2. The first-order valence-corrected chi connectivity index (χ1v) is 8.36. The van der Waals surface area contributed by atoms with Crippen LogP contribution in [0.3, 0.4) is 0 Å². The van der Waals surface area contributed by atoms with Gasteiger partial charge in [0.2, 0.25) is 0 Å². The first-order chi connectivity index (χ1) is 11.2. The van der Waals surface area contributed by atoms with Crippen molar-refractivity contribution in [2.75, 3.05) is 5.32 Å². The monoisotopic (exact) mass is 347 g/mol. The van der Waals surface area contributed by atoms with E-state index in [9.17, 15) is 9.59 Å². The molecule has 1 aromatic carbocycles. The van der Waals surface area contributed by atoms with Crippen molar-refractivity contribution in [2.24, 2.45) is 0 Å². The maximum absolute atomic E-state index is 12.3. The van der Waals surface area contributed by atoms with Crippen LogP contribution in [0.1, 0.15) is 41.1 Å². The molecule has 0 radical (unpaired) electrons. The topological polar surface area (TPSA) is 80.3 Å². The number of rotatable bonds is 4. The third kappa shape index (κ3) is 5.34. The zero-order valence-corrected chi connectivity index (χ0v) is 15.0. The molecule has 0 atom stereocenters. The summed E-state index contributed by atoms with van der Waals surface area (Å²) in [6, 6.07) is 9.23. The number of benzene rings is 1. The predicted molar refractivity (Wildman–Crippen MR) is 94.3 cm³/mol. The number of anilines is 1. The molecule has 6 nitrogen and oxygen atoms in total. The van der Waals surface area contributed by atoms with Gasteiger partial charge >= 0.3 is 6.09 Å². The van der Waals surface area contributed by atoms with E-state index in [0.29, 0.717) is 15.6 Å². The SMILES string of the molecule is Cc1nc(CNC(=O)OC(C)(C)C)sc1C(=O)Nc1ccccc1. The number of alkyl carbamates (subject to hydrolysis) is 1. The van der Waals surface area contributed by atoms with Crippen LogP contribution in [0.15, 0.2) is 30.3 Å². The van der Waals surface area contributed by atoms with Gasteiger partial charge in [-0.1, -0.05) is 18.2 Å². The van der Waals surface area contributed by atoms with Crippen molar-refractivity contribution in [1.29, 1.82) is 0 Å². The molecule has 24 heavy (non-hydrogen) atoms. The molecular weight excluding hydrogens is 326 g/mol. The zero-order chi connectivity index (χ0) is 17.7. The van der Waals surface area contributed by atoms with Crippen molar-refractivity contribution in [1.82, 2.24) is 10.3 Å². The van der Waals surface area contributed by atoms with Crippen LogP contribution < -0.4 is 10.6 Å². The Kier molecular flexibility index (Phi) is 5.56. The molecule has 0 bridgehead atoms. The average molecular weight is 347 g/mol. The zero-order valence-electron chi connectivity index (χ0n) is 14.2. The van der Waals surface area contributed by atoms with Crippen LogP contribution in [-0.4, -0.2) is 22.6 Å². The average Bonchev–Trinajstić information content (AvgIpc) is 2.86. The lowest BCUT2D eigenvalue weighted by molar-refractivity contribution is 0.0523. The highest BCUT2D eigenvalue weighted by molar-refractivity contribution is 7.13. The molecule has 7 heteroatoms. The van der Waals surface area contributed by atoms with Gasteiger partial charge in [-0.2, -0.15) is 0 Å². The van der Waals surface area contributed by atoms with E-state index in [2.05, 4.69) is 15.6 Å². The van der Waals surface area contributed by atoms with Crippen LogP contribution in [0.4, 0.5) is 10.5 Å². The van der Waals surface area contributed by atoms with Gasteiger partial charge in [0.05, 0.1) is 12.2 Å². The molecule has 0 saturated heterocycles. The van der Waals surface area contributed by atoms with Crippen molar-refractivity contribution in [3.05, 3.63) is 45.9 Å². The van der Waals surface area contributed by atoms with Crippen molar-refractivity contribution in [3.63, 3.8) is 0 Å². The van der Waals surface area contributed by atoms with Gasteiger partial charge in [0.15, 0.2) is 0 Å². The Balaban J connectivity index is 1.97. The molecule has 2 aromatic rings. The van der Waals surface area contributed by atoms with Crippen LogP contribution in [0.2, 0.25) is 0 Å². The van der Waals surface area contributed by atoms with Crippen LogP contribution in [0, 0.1) is 6.92 Å². The van der Waals surface area contributed by atoms with Crippen molar-refractivity contribution in [2.45, 2.75) is 39.8 Å². The normalized spacial score (nSPS) is 11.0. The number of aryl methyl sites for hydroxylation is 1. The summed E-state index contributed by atoms with van der Waals surface area (Å²) < 4.78 is 5.17. The standard InChI is InChI=1S/C17H21N3O3S/c1-11-14(15(21)20-12-8-6-5-7-9-12)24-13(19-11)10-18-16(22)23-17(2,3)4/h5-9H,10H2,1-4H3,(H,18,22)(H,20,21). The Morgan fingerprint density at radius 1 is 1.21 bits per heavy atom. The first kappa shape index (κ1) is 17.9. The number of hydrogen-bond acceptors (Lipinski definition) is 5. The van der Waals surface area contributed by atoms with Gasteiger partial charge in [0, 0.05) is 5.69 Å². The molecule has 128 valence electrons. The summed E-state index contributed by atoms with van der Waals surface area (Å²) in [5, 5.41) is 6.12. The smallest absolute Gasteiger partial charge is 0.408 e. The lowest BCUT2D eigenvalue weighted by Crippen LogP contribution is -2.32. The Labute approximate surface area is 145 Å². The molecule has 0 aliphatic carbocycles. The summed E-state index contributed by atoms with van der Waals surface area (Å²) in [6.07, 6.45) is -0.509. The molecule has 0 fully saturated rings. The molecule has 1 heterocycles. The molecule has 1 aromatic heterocycles. The second-order valence-electron chi connectivity index (χ2n) is 6.20. The highest BCUT2D eigenvalue weighted by atomic mass is 32.1. The Morgan fingerprint density at radius 3 is 2.50 bits per heavy atom. The molecule has 2 rings (SSSR count). The summed E-state index contributed by atoms with van der Waals surface area (Å²) in [5.74, 6) is -0.209. The maximum Gasteiger partial charge on any atom is 0.408 e. The summed E-state index contributed by atoms with van der Waals surface area (Å²) in [4.78, 5) is 28.8. The number of amides is 2. The van der Waals surface area contributed by atoms with Gasteiger partial charge in [0.1, 0.15) is 15.5 Å². The van der Waals surface area contributed by atoms with Gasteiger partial charge in [0.25, 0.3) is 5.91 Å². The molecule has 2 amide bonds. The minimum Gasteiger partial charge on any atom is -0.444 e. The van der Waals surface area contributed by atoms with E-state index < -0.39 is 11.7 Å². The van der Waals surface area contributed by atoms with Crippen LogP contribution in [0.25, 0.3) is 0 Å². The second-order valence-corrected chi connectivity index (χ2v) is 7.28. The molecule has 0 aliphatic heterocycles. The Bertz CT molecular complexity index is 720. The summed E-state index contributed by atoms with van der Waals surface area (Å²) in [6.45, 7) is 7.39. The minimum atomic E-state index is -0.552. The molecule has 2 N–H and O–H groups in total. The summed E-state index contributed by atoms with van der Waals surface area (Å²) in [7, 11) is 0. The molecule has 0 aliphatic rings. The van der Waals surface area contributed by atoms with E-state index in [1.807, 2.05) is 30.3 Å². The third-order valence-electron chi connectivity index (χ3n) is 2.86. The first-order valence-electron chi connectivity index (χ1n) is 7.54. The number of nitrogens with one attached hydrogen (secondary N) is 2. The van der Waals surface area contributed by atoms with E-state index >= 15 is 0 Å². The van der Waals surface area contributed by atoms with Crippen LogP contribution >= 0.6 is 11.3 Å². The lowest BCUT2D eigenvalue weighted by Gasteiger charge is -2.19. The fourth-order valence-electron chi connectivity index (χ4n) is 1.91. The van der Waals surface area contributed by atoms with Gasteiger partial charge in [-0.3, -0.25) is 4.79 Å². The quantitative estimate of drug-likeness (QED) is 0.883. The minimum absolute atomic E-state index is 0.209. The van der Waals surface area contributed by atoms with E-state index in [4.69, 9.17) is 4.74 Å². The maximum atomic E-state index is 12.3. The van der Waals surface area contributed by atoms with E-state index in [1.165, 1.54) is 11.3 Å². The summed E-state index contributed by atoms with van der Waals surface area (Å²) >= 11 is 1.25. The number of para-hydroxylation sites is 1. The van der Waals surface area contributed by atoms with Crippen molar-refractivity contribution < 1.29 is 14.3 Å². The fourth-order valence-corrected chi connectivity index (χ4v) is 2.81. The Morgan fingerprint density at radius 2 is 1.88 bits per heavy atom. The highest BCUT2D eigenvalue weighted by Crippen LogP contribution is 2.20. The number of carbonyl (C=O) groups is 2. The van der Waals surface area contributed by atoms with Gasteiger partial charge in [-0.25, -0.2) is 9.78 Å². The van der Waals surface area contributed by atoms with Gasteiger partial charge < -0.3 is 15.4 Å². The van der Waals surface area contributed by atoms with Crippen LogP contribution in [-0.2, 0) is 11.3 Å². The largest absolute Gasteiger partial charge is 0.444 e. The van der Waals surface area contributed by atoms with Crippen LogP contribution in [0.5, 0.6) is 0 Å². The number of thiazole rings is 1. The Hall–Kier alpha value is -2.41. The lowest BCUT2D eigenvalue weighted by atomic mass is 10.2. The van der Waals surface area contributed by atoms with Crippen molar-refractivity contribution >= 4 is 29.0 Å². The number of nitrogens with zero attached hydrogens (tertiary/aromatic N) is 1. The molecule has 0 spiro atoms. The predicted octanol–water partition coefficient (Wildman–Crippen LogP) is 3.73. The molecule has 0 unspecified atom stereocenters. The number of hydrogen-bond donors (Lipinski definition) is 2. The van der Waals surface area contributed by atoms with Gasteiger partial charge in [-0.05, 0) is 39.8 Å². The van der Waals surface area contributed by atoms with Gasteiger partial charge in [-0.15, -0.1) is 11.3 Å². The van der Waals surface area contributed by atoms with Crippen molar-refractivity contribution in [3.8, 4) is 0 Å². The highest BCUT2D eigenvalue weighted by Gasteiger charge is 2.18.